The molecule has 2 saturated heterocycles. The lowest BCUT2D eigenvalue weighted by molar-refractivity contribution is -0.124. The van der Waals surface area contributed by atoms with Crippen LogP contribution in [-0.2, 0) is 33.3 Å². The van der Waals surface area contributed by atoms with Crippen LogP contribution in [0.5, 0.6) is 0 Å². The number of rotatable bonds is 14. The van der Waals surface area contributed by atoms with Gasteiger partial charge in [0.25, 0.3) is 11.1 Å². The topological polar surface area (TPSA) is 243 Å². The van der Waals surface area contributed by atoms with Gasteiger partial charge in [0.15, 0.2) is 23.6 Å². The number of methoxy groups -OCH3 is 2. The molecule has 8 atom stereocenters. The molecule has 268 valence electrons. The Labute approximate surface area is 279 Å². The predicted molar refractivity (Wildman–Crippen MR) is 171 cm³/mol. The minimum atomic E-state index is -1.23. The lowest BCUT2D eigenvalue weighted by Gasteiger charge is -2.23. The number of amides is 2. The number of fused-ring (bicyclic) bond motifs is 1. The van der Waals surface area contributed by atoms with Crippen LogP contribution in [0.15, 0.2) is 33.0 Å². The van der Waals surface area contributed by atoms with Gasteiger partial charge in [-0.05, 0) is 6.42 Å². The molecule has 2 aliphatic rings. The molecule has 49 heavy (non-hydrogen) atoms. The Hall–Kier alpha value is -4.27. The number of aliphatic hydroxyl groups excluding tert-OH is 1. The molecule has 2 amide bonds. The lowest BCUT2D eigenvalue weighted by atomic mass is 9.92. The Morgan fingerprint density at radius 3 is 2.47 bits per heavy atom. The molecule has 0 radical (unpaired) electrons. The summed E-state index contributed by atoms with van der Waals surface area (Å²) in [7, 11) is 2.96. The van der Waals surface area contributed by atoms with Gasteiger partial charge in [0, 0.05) is 51.3 Å². The number of aromatic amines is 2. The largest absolute Gasteiger partial charge is 0.387 e. The van der Waals surface area contributed by atoms with Gasteiger partial charge in [-0.25, -0.2) is 9.78 Å². The van der Waals surface area contributed by atoms with E-state index in [-0.39, 0.29) is 61.0 Å². The number of ether oxygens (including phenoxy) is 5. The highest BCUT2D eigenvalue weighted by atomic mass is 16.6. The molecule has 19 heteroatoms. The number of aromatic nitrogens is 6. The molecule has 0 spiro atoms. The zero-order valence-corrected chi connectivity index (χ0v) is 27.8. The number of nitrogens with one attached hydrogen (secondary N) is 4. The van der Waals surface area contributed by atoms with Gasteiger partial charge in [-0.1, -0.05) is 20.8 Å². The van der Waals surface area contributed by atoms with Crippen LogP contribution in [0.1, 0.15) is 46.1 Å². The molecule has 5 rings (SSSR count). The van der Waals surface area contributed by atoms with Crippen molar-refractivity contribution in [3.05, 3.63) is 49.8 Å². The molecular formula is C30H42N8O11. The van der Waals surface area contributed by atoms with Crippen LogP contribution in [0.3, 0.4) is 0 Å². The van der Waals surface area contributed by atoms with Crippen LogP contribution in [0.25, 0.3) is 11.2 Å². The monoisotopic (exact) mass is 690 g/mol. The number of hydrogen-bond donors (Lipinski definition) is 5. The summed E-state index contributed by atoms with van der Waals surface area (Å²) < 4.78 is 31.7. The first-order chi connectivity index (χ1) is 23.5. The summed E-state index contributed by atoms with van der Waals surface area (Å²) in [4.78, 5) is 75.7. The van der Waals surface area contributed by atoms with Gasteiger partial charge in [0.1, 0.15) is 24.4 Å². The third-order valence-electron chi connectivity index (χ3n) is 8.60. The van der Waals surface area contributed by atoms with Crippen molar-refractivity contribution in [3.8, 4) is 0 Å². The molecule has 2 unspecified atom stereocenters. The third kappa shape index (κ3) is 7.66. The summed E-state index contributed by atoms with van der Waals surface area (Å²) in [5.74, 6) is -1.64. The highest BCUT2D eigenvalue weighted by Crippen LogP contribution is 2.39. The van der Waals surface area contributed by atoms with Crippen LogP contribution >= 0.6 is 0 Å². The summed E-state index contributed by atoms with van der Waals surface area (Å²) in [6.45, 7) is 5.49. The molecule has 2 fully saturated rings. The molecule has 2 aliphatic heterocycles. The number of H-pyrrole nitrogens is 2. The fraction of sp³-hybridized carbons (Fsp3) is 0.633. The Bertz CT molecular complexity index is 1800. The summed E-state index contributed by atoms with van der Waals surface area (Å²) in [6.07, 6.45) is -3.03. The van der Waals surface area contributed by atoms with E-state index in [0.717, 1.165) is 0 Å². The van der Waals surface area contributed by atoms with Crippen LogP contribution in [0.4, 0.5) is 5.95 Å². The maximum absolute atomic E-state index is 13.3. The Morgan fingerprint density at radius 2 is 1.80 bits per heavy atom. The van der Waals surface area contributed by atoms with E-state index in [1.807, 2.05) is 6.92 Å². The number of aliphatic hydroxyl groups is 1. The minimum Gasteiger partial charge on any atom is -0.387 e. The Balaban J connectivity index is 1.32. The van der Waals surface area contributed by atoms with Crippen LogP contribution in [-0.4, -0.2) is 110 Å². The van der Waals surface area contributed by atoms with Gasteiger partial charge in [-0.15, -0.1) is 0 Å². The molecule has 0 bridgehead atoms. The number of nitrogens with zero attached hydrogens (tertiary/aromatic N) is 4. The molecule has 5 N–H and O–H groups in total. The van der Waals surface area contributed by atoms with Gasteiger partial charge in [-0.2, -0.15) is 4.98 Å². The van der Waals surface area contributed by atoms with Crippen molar-refractivity contribution < 1.29 is 38.4 Å². The van der Waals surface area contributed by atoms with E-state index < -0.39 is 65.7 Å². The molecular weight excluding hydrogens is 648 g/mol. The molecule has 3 aromatic heterocycles. The highest BCUT2D eigenvalue weighted by molar-refractivity contribution is 5.91. The number of carbonyl (C=O) groups excluding carboxylic acids is 2. The van der Waals surface area contributed by atoms with E-state index in [1.165, 1.54) is 41.9 Å². The standard InChI is InChI=1S/C30H42N8O11/c1-6-16-15(22(46-5)27(48-16)37-8-7-18(39)33-30(37)44)11-19(40)31-12-17-21(41)23(47-10-9-45-4)28(49-17)38-13-32-20-24(38)34-29(36-26(20)43)35-25(42)14(2)3/h7-8,13-17,21-23,27-28,41H,6,9-12H2,1-5H3,(H,31,40)(H,33,39,44)(H2,34,35,36,42,43)/t15-,16+,17+,21-,22?,23?,27+,28+/m0/s1. The second kappa shape index (κ2) is 15.5. The van der Waals surface area contributed by atoms with Gasteiger partial charge in [0.2, 0.25) is 17.8 Å². The first kappa shape index (κ1) is 36.0. The van der Waals surface area contributed by atoms with E-state index in [4.69, 9.17) is 23.7 Å². The van der Waals surface area contributed by atoms with E-state index in [1.54, 1.807) is 13.8 Å². The smallest absolute Gasteiger partial charge is 0.330 e. The number of carbonyl (C=O) groups is 2. The van der Waals surface area contributed by atoms with Crippen molar-refractivity contribution >= 4 is 28.9 Å². The van der Waals surface area contributed by atoms with Crippen molar-refractivity contribution in [1.82, 2.24) is 34.4 Å². The van der Waals surface area contributed by atoms with Gasteiger partial charge in [0.05, 0.1) is 25.6 Å². The van der Waals surface area contributed by atoms with Gasteiger partial charge < -0.3 is 34.1 Å². The molecule has 0 aliphatic carbocycles. The second-order valence-electron chi connectivity index (χ2n) is 12.1. The average molecular weight is 691 g/mol. The van der Waals surface area contributed by atoms with E-state index in [0.29, 0.717) is 6.42 Å². The van der Waals surface area contributed by atoms with Gasteiger partial charge >= 0.3 is 5.69 Å². The average Bonchev–Trinajstić information content (AvgIpc) is 3.73. The molecule has 0 saturated carbocycles. The zero-order valence-electron chi connectivity index (χ0n) is 27.8. The van der Waals surface area contributed by atoms with Crippen LogP contribution in [0.2, 0.25) is 0 Å². The maximum atomic E-state index is 13.3. The predicted octanol–water partition coefficient (Wildman–Crippen LogP) is -1.00. The molecule has 3 aromatic rings. The van der Waals surface area contributed by atoms with Crippen molar-refractivity contribution in [3.63, 3.8) is 0 Å². The van der Waals surface area contributed by atoms with Crippen LogP contribution in [0, 0.1) is 11.8 Å². The molecule has 0 aromatic carbocycles. The fourth-order valence-electron chi connectivity index (χ4n) is 6.06. The van der Waals surface area contributed by atoms with Crippen molar-refractivity contribution in [2.45, 2.75) is 76.6 Å². The van der Waals surface area contributed by atoms with E-state index in [2.05, 4.69) is 30.6 Å². The highest BCUT2D eigenvalue weighted by Gasteiger charge is 2.48. The van der Waals surface area contributed by atoms with E-state index >= 15 is 0 Å². The first-order valence-corrected chi connectivity index (χ1v) is 16.0. The molecule has 5 heterocycles. The lowest BCUT2D eigenvalue weighted by Crippen LogP contribution is -2.42. The number of imidazole rings is 1. The normalized spacial score (nSPS) is 26.8. The minimum absolute atomic E-state index is 0.0209. The summed E-state index contributed by atoms with van der Waals surface area (Å²) in [6, 6.07) is 1.20. The quantitative estimate of drug-likeness (QED) is 0.128. The summed E-state index contributed by atoms with van der Waals surface area (Å²) in [5, 5.41) is 16.7. The maximum Gasteiger partial charge on any atom is 0.330 e. The van der Waals surface area contributed by atoms with E-state index in [9.17, 15) is 29.1 Å². The van der Waals surface area contributed by atoms with Crippen molar-refractivity contribution in [1.29, 1.82) is 0 Å². The van der Waals surface area contributed by atoms with Crippen molar-refractivity contribution in [2.75, 3.05) is 39.3 Å². The third-order valence-corrected chi connectivity index (χ3v) is 8.60. The number of anilines is 1. The first-order valence-electron chi connectivity index (χ1n) is 16.0. The summed E-state index contributed by atoms with van der Waals surface area (Å²) in [5.41, 5.74) is -1.74. The Morgan fingerprint density at radius 1 is 1.06 bits per heavy atom. The van der Waals surface area contributed by atoms with Crippen molar-refractivity contribution in [2.24, 2.45) is 11.8 Å². The second-order valence-corrected chi connectivity index (χ2v) is 12.1. The van der Waals surface area contributed by atoms with Crippen LogP contribution < -0.4 is 27.4 Å². The summed E-state index contributed by atoms with van der Waals surface area (Å²) >= 11 is 0. The zero-order chi connectivity index (χ0) is 35.4. The van der Waals surface area contributed by atoms with Gasteiger partial charge in [-0.3, -0.25) is 43.6 Å². The SMILES string of the molecule is CC[C@H]1O[C@@H](n2ccc(=O)[nH]c2=O)C(OC)[C@H]1CC(=O)NC[C@H]1O[C@@H](n2cnc3c(=O)[nH]c(NC(=O)C(C)C)nc32)C(OCCOC)[C@H]1O. The number of hydrogen-bond acceptors (Lipinski definition) is 13. The molecule has 19 nitrogen and oxygen atoms in total. The fourth-order valence-corrected chi connectivity index (χ4v) is 6.06. The Kier molecular flexibility index (Phi) is 11.4.